The van der Waals surface area contributed by atoms with Crippen LogP contribution in [0.3, 0.4) is 0 Å². The van der Waals surface area contributed by atoms with Crippen molar-refractivity contribution in [1.82, 2.24) is 5.32 Å². The average molecular weight is 264 g/mol. The molecule has 1 aromatic rings. The first-order valence-electron chi connectivity index (χ1n) is 5.67. The highest BCUT2D eigenvalue weighted by Gasteiger charge is 2.51. The number of aryl methyl sites for hydroxylation is 1. The van der Waals surface area contributed by atoms with Crippen LogP contribution in [0.2, 0.25) is 0 Å². The highest BCUT2D eigenvalue weighted by atomic mass is 16.6. The molecule has 1 fully saturated rings. The first-order valence-corrected chi connectivity index (χ1v) is 5.67. The van der Waals surface area contributed by atoms with Crippen LogP contribution in [0.1, 0.15) is 28.8 Å². The van der Waals surface area contributed by atoms with E-state index in [9.17, 15) is 19.7 Å². The zero-order chi connectivity index (χ0) is 14.2. The van der Waals surface area contributed by atoms with Crippen LogP contribution in [0.15, 0.2) is 18.2 Å². The predicted molar refractivity (Wildman–Crippen MR) is 64.9 cm³/mol. The van der Waals surface area contributed by atoms with Crippen molar-refractivity contribution in [1.29, 1.82) is 0 Å². The molecular formula is C12H12N2O5. The maximum absolute atomic E-state index is 11.9. The summed E-state index contributed by atoms with van der Waals surface area (Å²) in [6.45, 7) is 1.57. The van der Waals surface area contributed by atoms with E-state index in [4.69, 9.17) is 5.11 Å². The number of aliphatic carboxylic acids is 1. The van der Waals surface area contributed by atoms with Gasteiger partial charge in [-0.15, -0.1) is 0 Å². The fourth-order valence-electron chi connectivity index (χ4n) is 1.75. The minimum absolute atomic E-state index is 0.0878. The molecule has 0 bridgehead atoms. The molecule has 7 heteroatoms. The molecule has 2 rings (SSSR count). The van der Waals surface area contributed by atoms with Crippen LogP contribution >= 0.6 is 0 Å². The minimum atomic E-state index is -1.20. The SMILES string of the molecule is Cc1ccc(C(=O)NC2(C(=O)O)CC2)cc1[N+](=O)[O-]. The van der Waals surface area contributed by atoms with Crippen LogP contribution < -0.4 is 5.32 Å². The molecule has 0 radical (unpaired) electrons. The number of nitrogens with one attached hydrogen (secondary N) is 1. The van der Waals surface area contributed by atoms with Crippen molar-refractivity contribution in [2.24, 2.45) is 0 Å². The van der Waals surface area contributed by atoms with E-state index in [2.05, 4.69) is 5.32 Å². The number of carboxylic acids is 1. The number of carbonyl (C=O) groups is 2. The van der Waals surface area contributed by atoms with E-state index >= 15 is 0 Å². The Morgan fingerprint density at radius 3 is 2.53 bits per heavy atom. The van der Waals surface area contributed by atoms with Gasteiger partial charge in [0.15, 0.2) is 0 Å². The standard InChI is InChI=1S/C12H12N2O5/c1-7-2-3-8(6-9(7)14(18)19)10(15)13-12(4-5-12)11(16)17/h2-3,6H,4-5H2,1H3,(H,13,15)(H,16,17). The number of rotatable bonds is 4. The largest absolute Gasteiger partial charge is 0.480 e. The Balaban J connectivity index is 2.23. The molecule has 1 aliphatic carbocycles. The summed E-state index contributed by atoms with van der Waals surface area (Å²) in [6.07, 6.45) is 0.754. The van der Waals surface area contributed by atoms with Gasteiger partial charge >= 0.3 is 5.97 Å². The second-order valence-electron chi connectivity index (χ2n) is 4.60. The number of carbonyl (C=O) groups excluding carboxylic acids is 1. The smallest absolute Gasteiger partial charge is 0.329 e. The number of hydrogen-bond donors (Lipinski definition) is 2. The van der Waals surface area contributed by atoms with Crippen LogP contribution in [0, 0.1) is 17.0 Å². The number of benzene rings is 1. The normalized spacial score (nSPS) is 15.6. The lowest BCUT2D eigenvalue weighted by atomic mass is 10.1. The van der Waals surface area contributed by atoms with Gasteiger partial charge in [0.05, 0.1) is 4.92 Å². The third-order valence-corrected chi connectivity index (χ3v) is 3.18. The molecule has 0 spiro atoms. The van der Waals surface area contributed by atoms with Gasteiger partial charge < -0.3 is 10.4 Å². The van der Waals surface area contributed by atoms with Crippen LogP contribution in [0.5, 0.6) is 0 Å². The van der Waals surface area contributed by atoms with Gasteiger partial charge in [-0.25, -0.2) is 4.79 Å². The van der Waals surface area contributed by atoms with Gasteiger partial charge in [-0.2, -0.15) is 0 Å². The molecule has 1 aromatic carbocycles. The molecule has 0 heterocycles. The highest BCUT2D eigenvalue weighted by molar-refractivity contribution is 5.99. The van der Waals surface area contributed by atoms with Crippen molar-refractivity contribution in [3.8, 4) is 0 Å². The third-order valence-electron chi connectivity index (χ3n) is 3.18. The van der Waals surface area contributed by atoms with Crippen LogP contribution in [-0.4, -0.2) is 27.4 Å². The van der Waals surface area contributed by atoms with E-state index in [0.29, 0.717) is 18.4 Å². The summed E-state index contributed by atoms with van der Waals surface area (Å²) in [4.78, 5) is 33.1. The maximum atomic E-state index is 11.9. The molecule has 0 aromatic heterocycles. The topological polar surface area (TPSA) is 110 Å². The van der Waals surface area contributed by atoms with E-state index in [1.54, 1.807) is 6.92 Å². The first kappa shape index (κ1) is 13.0. The summed E-state index contributed by atoms with van der Waals surface area (Å²) in [6, 6.07) is 4.06. The molecule has 0 unspecified atom stereocenters. The number of hydrogen-bond acceptors (Lipinski definition) is 4. The number of nitrogens with zero attached hydrogens (tertiary/aromatic N) is 1. The van der Waals surface area contributed by atoms with Gasteiger partial charge in [-0.05, 0) is 25.8 Å². The van der Waals surface area contributed by atoms with Crippen LogP contribution in [0.25, 0.3) is 0 Å². The van der Waals surface area contributed by atoms with E-state index in [0.717, 1.165) is 6.07 Å². The predicted octanol–water partition coefficient (Wildman–Crippen LogP) is 1.25. The van der Waals surface area contributed by atoms with Gasteiger partial charge in [0.2, 0.25) is 0 Å². The summed E-state index contributed by atoms with van der Waals surface area (Å²) in [7, 11) is 0. The zero-order valence-corrected chi connectivity index (χ0v) is 10.2. The lowest BCUT2D eigenvalue weighted by Crippen LogP contribution is -2.43. The van der Waals surface area contributed by atoms with Gasteiger partial charge in [0.1, 0.15) is 5.54 Å². The summed E-state index contributed by atoms with van der Waals surface area (Å²) >= 11 is 0. The first-order chi connectivity index (χ1) is 8.85. The molecule has 0 aliphatic heterocycles. The summed E-state index contributed by atoms with van der Waals surface area (Å²) in [5, 5.41) is 22.2. The number of nitro benzene ring substituents is 1. The molecule has 0 atom stereocenters. The summed E-state index contributed by atoms with van der Waals surface area (Å²) in [5.41, 5.74) is -0.824. The number of amides is 1. The maximum Gasteiger partial charge on any atom is 0.329 e. The van der Waals surface area contributed by atoms with Crippen molar-refractivity contribution in [3.63, 3.8) is 0 Å². The van der Waals surface area contributed by atoms with E-state index < -0.39 is 22.3 Å². The lowest BCUT2D eigenvalue weighted by Gasteiger charge is -2.12. The Morgan fingerprint density at radius 1 is 1.42 bits per heavy atom. The van der Waals surface area contributed by atoms with Gasteiger partial charge in [0, 0.05) is 17.2 Å². The number of carboxylic acid groups (broad SMARTS) is 1. The Bertz CT molecular complexity index is 577. The fraction of sp³-hybridized carbons (Fsp3) is 0.333. The molecule has 1 amide bonds. The van der Waals surface area contributed by atoms with Crippen molar-refractivity contribution in [2.45, 2.75) is 25.3 Å². The van der Waals surface area contributed by atoms with Gasteiger partial charge in [-0.3, -0.25) is 14.9 Å². The van der Waals surface area contributed by atoms with Gasteiger partial charge in [-0.1, -0.05) is 6.07 Å². The van der Waals surface area contributed by atoms with Crippen molar-refractivity contribution >= 4 is 17.6 Å². The van der Waals surface area contributed by atoms with Crippen molar-refractivity contribution in [2.75, 3.05) is 0 Å². The Labute approximate surface area is 108 Å². The van der Waals surface area contributed by atoms with Crippen molar-refractivity contribution < 1.29 is 19.6 Å². The third kappa shape index (κ3) is 2.40. The monoisotopic (exact) mass is 264 g/mol. The Kier molecular flexibility index (Phi) is 2.97. The minimum Gasteiger partial charge on any atom is -0.480 e. The van der Waals surface area contributed by atoms with Crippen molar-refractivity contribution in [3.05, 3.63) is 39.4 Å². The Hall–Kier alpha value is -2.44. The molecule has 7 nitrogen and oxygen atoms in total. The van der Waals surface area contributed by atoms with E-state index in [-0.39, 0.29) is 11.3 Å². The van der Waals surface area contributed by atoms with Gasteiger partial charge in [0.25, 0.3) is 11.6 Å². The molecule has 1 aliphatic rings. The summed E-state index contributed by atoms with van der Waals surface area (Å²) in [5.74, 6) is -1.69. The number of nitro groups is 1. The van der Waals surface area contributed by atoms with E-state index in [1.165, 1.54) is 12.1 Å². The molecule has 0 saturated heterocycles. The molecule has 1 saturated carbocycles. The second kappa shape index (κ2) is 4.34. The Morgan fingerprint density at radius 2 is 2.05 bits per heavy atom. The average Bonchev–Trinajstić information content (AvgIpc) is 3.10. The molecule has 19 heavy (non-hydrogen) atoms. The molecule has 2 N–H and O–H groups in total. The summed E-state index contributed by atoms with van der Waals surface area (Å²) < 4.78 is 0. The lowest BCUT2D eigenvalue weighted by molar-refractivity contribution is -0.385. The van der Waals surface area contributed by atoms with E-state index in [1.807, 2.05) is 0 Å². The molecular weight excluding hydrogens is 252 g/mol. The zero-order valence-electron chi connectivity index (χ0n) is 10.2. The van der Waals surface area contributed by atoms with Crippen LogP contribution in [0.4, 0.5) is 5.69 Å². The second-order valence-corrected chi connectivity index (χ2v) is 4.60. The fourth-order valence-corrected chi connectivity index (χ4v) is 1.75. The molecule has 100 valence electrons. The van der Waals surface area contributed by atoms with Crippen LogP contribution in [-0.2, 0) is 4.79 Å². The quantitative estimate of drug-likeness (QED) is 0.628. The highest BCUT2D eigenvalue weighted by Crippen LogP contribution is 2.36.